The highest BCUT2D eigenvalue weighted by atomic mass is 32.1. The highest BCUT2D eigenvalue weighted by Gasteiger charge is 2.03. The quantitative estimate of drug-likeness (QED) is 0.222. The summed E-state index contributed by atoms with van der Waals surface area (Å²) < 4.78 is 7.56. The molecule has 18 heavy (non-hydrogen) atoms. The normalized spacial score (nSPS) is 13.6. The predicted octanol–water partition coefficient (Wildman–Crippen LogP) is 3.21. The molecule has 0 unspecified atom stereocenters. The molecule has 102 valence electrons. The summed E-state index contributed by atoms with van der Waals surface area (Å²) in [5.74, 6) is -0.379. The molecule has 0 aromatic heterocycles. The highest BCUT2D eigenvalue weighted by Crippen LogP contribution is 2.06. The van der Waals surface area contributed by atoms with E-state index in [0.29, 0.717) is 5.57 Å². The van der Waals surface area contributed by atoms with Gasteiger partial charge in [-0.1, -0.05) is 63.8 Å². The summed E-state index contributed by atoms with van der Waals surface area (Å²) in [6.45, 7) is 5.75. The molecule has 0 saturated heterocycles. The minimum atomic E-state index is -0.379. The number of hydrogen-bond acceptors (Lipinski definition) is 4. The van der Waals surface area contributed by atoms with Crippen molar-refractivity contribution in [3.05, 3.63) is 36.5 Å². The molecule has 3 nitrogen and oxygen atoms in total. The number of unbranched alkanes of at least 4 members (excludes halogenated alkanes) is 2. The van der Waals surface area contributed by atoms with Crippen LogP contribution in [-0.4, -0.2) is 19.1 Å². The minimum Gasteiger partial charge on any atom is -0.465 e. The smallest absolute Gasteiger partial charge is 0.337 e. The third-order valence-corrected chi connectivity index (χ3v) is 2.88. The molecule has 0 amide bonds. The number of allylic oxidation sites excluding steroid dienone is 2. The summed E-state index contributed by atoms with van der Waals surface area (Å²) in [5, 5.41) is 0. The van der Waals surface area contributed by atoms with E-state index in [1.165, 1.54) is 26.0 Å². The predicted molar refractivity (Wildman–Crippen MR) is 79.5 cm³/mol. The largest absolute Gasteiger partial charge is 0.465 e. The molecule has 0 bridgehead atoms. The average molecular weight is 269 g/mol. The van der Waals surface area contributed by atoms with Crippen molar-refractivity contribution in [3.8, 4) is 0 Å². The molecule has 4 heteroatoms. The molecule has 0 aromatic rings. The lowest BCUT2D eigenvalue weighted by atomic mass is 10.1. The lowest BCUT2D eigenvalue weighted by molar-refractivity contribution is -0.135. The Bertz CT molecular complexity index is 311. The number of esters is 1. The van der Waals surface area contributed by atoms with Crippen LogP contribution in [0.2, 0.25) is 0 Å². The molecule has 0 fully saturated rings. The molecular formula is C14H23NO2S. The summed E-state index contributed by atoms with van der Waals surface area (Å²) >= 11 is 4.09. The number of rotatable bonds is 9. The van der Waals surface area contributed by atoms with Crippen LogP contribution in [0.4, 0.5) is 0 Å². The molecule has 0 aliphatic rings. The zero-order valence-electron chi connectivity index (χ0n) is 11.2. The number of carbonyl (C=O) groups excluding carboxylic acids is 1. The van der Waals surface area contributed by atoms with Crippen LogP contribution in [0.25, 0.3) is 0 Å². The Morgan fingerprint density at radius 3 is 2.72 bits per heavy atom. The van der Waals surface area contributed by atoms with Gasteiger partial charge >= 0.3 is 5.97 Å². The van der Waals surface area contributed by atoms with Crippen molar-refractivity contribution in [2.45, 2.75) is 38.6 Å². The van der Waals surface area contributed by atoms with E-state index in [9.17, 15) is 4.79 Å². The second kappa shape index (κ2) is 11.1. The second-order valence-corrected chi connectivity index (χ2v) is 4.19. The van der Waals surface area contributed by atoms with Gasteiger partial charge in [0.2, 0.25) is 0 Å². The third-order valence-electron chi connectivity index (χ3n) is 2.54. The van der Waals surface area contributed by atoms with Gasteiger partial charge in [-0.3, -0.25) is 4.72 Å². The number of hydrogen-bond donors (Lipinski definition) is 2. The van der Waals surface area contributed by atoms with Gasteiger partial charge in [-0.15, -0.1) is 0 Å². The Kier molecular flexibility index (Phi) is 10.5. The Balaban J connectivity index is 4.35. The molecule has 0 spiro atoms. The van der Waals surface area contributed by atoms with Crippen LogP contribution in [0.1, 0.15) is 32.6 Å². The first kappa shape index (κ1) is 17.0. The fourth-order valence-electron chi connectivity index (χ4n) is 1.45. The SMILES string of the molecule is C=C/C(=C\C=C\[C@@H](CCCCC)NS)C(=O)OC. The van der Waals surface area contributed by atoms with Crippen molar-refractivity contribution in [3.63, 3.8) is 0 Å². The van der Waals surface area contributed by atoms with Crippen molar-refractivity contribution in [1.29, 1.82) is 0 Å². The number of nitrogens with one attached hydrogen (secondary N) is 1. The van der Waals surface area contributed by atoms with Gasteiger partial charge in [-0.05, 0) is 12.5 Å². The second-order valence-electron chi connectivity index (χ2n) is 3.93. The summed E-state index contributed by atoms with van der Waals surface area (Å²) in [5.41, 5.74) is 0.445. The average Bonchev–Trinajstić information content (AvgIpc) is 2.41. The Hall–Kier alpha value is -1.00. The molecule has 0 aromatic carbocycles. The summed E-state index contributed by atoms with van der Waals surface area (Å²) in [4.78, 5) is 11.3. The highest BCUT2D eigenvalue weighted by molar-refractivity contribution is 7.78. The van der Waals surface area contributed by atoms with Gasteiger partial charge in [-0.25, -0.2) is 4.79 Å². The molecule has 1 atom stereocenters. The van der Waals surface area contributed by atoms with E-state index in [0.717, 1.165) is 12.8 Å². The molecule has 0 saturated carbocycles. The number of carbonyl (C=O) groups is 1. The van der Waals surface area contributed by atoms with E-state index < -0.39 is 0 Å². The van der Waals surface area contributed by atoms with Gasteiger partial charge in [-0.2, -0.15) is 0 Å². The molecule has 0 rings (SSSR count). The van der Waals surface area contributed by atoms with Gasteiger partial charge in [0.05, 0.1) is 12.7 Å². The van der Waals surface area contributed by atoms with Crippen molar-refractivity contribution >= 4 is 18.8 Å². The van der Waals surface area contributed by atoms with E-state index in [2.05, 4.69) is 35.8 Å². The van der Waals surface area contributed by atoms with Crippen LogP contribution in [0.3, 0.4) is 0 Å². The first-order valence-corrected chi connectivity index (χ1v) is 6.63. The van der Waals surface area contributed by atoms with Crippen molar-refractivity contribution < 1.29 is 9.53 Å². The van der Waals surface area contributed by atoms with Crippen LogP contribution >= 0.6 is 12.8 Å². The van der Waals surface area contributed by atoms with E-state index in [1.807, 2.05) is 12.2 Å². The maximum atomic E-state index is 11.3. The van der Waals surface area contributed by atoms with Crippen LogP contribution in [0.15, 0.2) is 36.5 Å². The maximum absolute atomic E-state index is 11.3. The Morgan fingerprint density at radius 1 is 1.50 bits per heavy atom. The molecule has 0 heterocycles. The monoisotopic (exact) mass is 269 g/mol. The van der Waals surface area contributed by atoms with Crippen LogP contribution in [0.5, 0.6) is 0 Å². The van der Waals surface area contributed by atoms with E-state index in [1.54, 1.807) is 6.08 Å². The van der Waals surface area contributed by atoms with Gasteiger partial charge in [0, 0.05) is 6.04 Å². The first-order valence-electron chi connectivity index (χ1n) is 6.18. The van der Waals surface area contributed by atoms with Crippen LogP contribution in [0, 0.1) is 0 Å². The summed E-state index contributed by atoms with van der Waals surface area (Å²) in [6.07, 6.45) is 11.6. The zero-order valence-corrected chi connectivity index (χ0v) is 12.1. The topological polar surface area (TPSA) is 38.3 Å². The van der Waals surface area contributed by atoms with Gasteiger partial charge < -0.3 is 4.74 Å². The van der Waals surface area contributed by atoms with E-state index >= 15 is 0 Å². The molecule has 0 aliphatic carbocycles. The van der Waals surface area contributed by atoms with Gasteiger partial charge in [0.15, 0.2) is 0 Å². The number of thiol groups is 1. The fraction of sp³-hybridized carbons (Fsp3) is 0.500. The first-order chi connectivity index (χ1) is 8.69. The van der Waals surface area contributed by atoms with Crippen molar-refractivity contribution in [2.75, 3.05) is 7.11 Å². The Morgan fingerprint density at radius 2 is 2.22 bits per heavy atom. The fourth-order valence-corrected chi connectivity index (χ4v) is 1.66. The van der Waals surface area contributed by atoms with Crippen LogP contribution < -0.4 is 4.72 Å². The molecule has 0 aliphatic heterocycles. The molecule has 1 N–H and O–H groups in total. The third kappa shape index (κ3) is 7.35. The number of ether oxygens (including phenoxy) is 1. The van der Waals surface area contributed by atoms with Crippen molar-refractivity contribution in [1.82, 2.24) is 4.72 Å². The molecule has 0 radical (unpaired) electrons. The standard InChI is InChI=1S/C14H23NO2S/c1-4-6-7-10-13(15-18)11-8-9-12(5-2)14(16)17-3/h5,8-9,11,13,15,18H,2,4,6-7,10H2,1,3H3/b11-8+,12-9+/t13-/m1/s1. The van der Waals surface area contributed by atoms with Crippen molar-refractivity contribution in [2.24, 2.45) is 0 Å². The van der Waals surface area contributed by atoms with Gasteiger partial charge in [0.25, 0.3) is 0 Å². The van der Waals surface area contributed by atoms with E-state index in [-0.39, 0.29) is 12.0 Å². The summed E-state index contributed by atoms with van der Waals surface area (Å²) in [6, 6.07) is 0.208. The van der Waals surface area contributed by atoms with E-state index in [4.69, 9.17) is 0 Å². The lowest BCUT2D eigenvalue weighted by Gasteiger charge is -2.09. The zero-order chi connectivity index (χ0) is 13.8. The minimum absolute atomic E-state index is 0.208. The molecular weight excluding hydrogens is 246 g/mol. The Labute approximate surface area is 116 Å². The van der Waals surface area contributed by atoms with Crippen LogP contribution in [-0.2, 0) is 9.53 Å². The number of methoxy groups -OCH3 is 1. The van der Waals surface area contributed by atoms with Gasteiger partial charge in [0.1, 0.15) is 0 Å². The summed E-state index contributed by atoms with van der Waals surface area (Å²) in [7, 11) is 1.35. The lowest BCUT2D eigenvalue weighted by Crippen LogP contribution is -2.17. The maximum Gasteiger partial charge on any atom is 0.337 e.